The van der Waals surface area contributed by atoms with Gasteiger partial charge in [0.2, 0.25) is 10.0 Å². The van der Waals surface area contributed by atoms with Gasteiger partial charge < -0.3 is 4.90 Å². The molecule has 1 aliphatic carbocycles. The highest BCUT2D eigenvalue weighted by Crippen LogP contribution is 2.39. The van der Waals surface area contributed by atoms with Crippen LogP contribution >= 0.6 is 0 Å². The van der Waals surface area contributed by atoms with Crippen LogP contribution < -0.4 is 0 Å². The van der Waals surface area contributed by atoms with Crippen LogP contribution in [0, 0.1) is 0 Å². The SMILES string of the molecule is CN1CCN(S(=O)(=O)/C=C/c2ccccc2)C2(CCCC2)C1. The lowest BCUT2D eigenvalue weighted by atomic mass is 9.95. The zero-order chi connectivity index (χ0) is 15.6. The van der Waals surface area contributed by atoms with E-state index in [4.69, 9.17) is 0 Å². The molecule has 1 heterocycles. The summed E-state index contributed by atoms with van der Waals surface area (Å²) in [7, 11) is -1.28. The summed E-state index contributed by atoms with van der Waals surface area (Å²) in [5, 5.41) is 1.38. The minimum Gasteiger partial charge on any atom is -0.303 e. The molecule has 1 aliphatic heterocycles. The number of piperazine rings is 1. The molecule has 4 nitrogen and oxygen atoms in total. The first-order valence-electron chi connectivity index (χ1n) is 7.96. The lowest BCUT2D eigenvalue weighted by Crippen LogP contribution is -2.61. The molecular weight excluding hydrogens is 296 g/mol. The molecule has 0 aromatic heterocycles. The van der Waals surface area contributed by atoms with Gasteiger partial charge in [-0.15, -0.1) is 0 Å². The van der Waals surface area contributed by atoms with E-state index in [0.29, 0.717) is 6.54 Å². The first-order valence-corrected chi connectivity index (χ1v) is 9.47. The summed E-state index contributed by atoms with van der Waals surface area (Å²) in [5.74, 6) is 0. The van der Waals surface area contributed by atoms with Crippen molar-refractivity contribution in [3.63, 3.8) is 0 Å². The van der Waals surface area contributed by atoms with Gasteiger partial charge >= 0.3 is 0 Å². The van der Waals surface area contributed by atoms with Crippen molar-refractivity contribution in [2.75, 3.05) is 26.7 Å². The minimum absolute atomic E-state index is 0.188. The zero-order valence-electron chi connectivity index (χ0n) is 13.1. The normalized spacial score (nSPS) is 23.5. The molecule has 0 bridgehead atoms. The molecule has 22 heavy (non-hydrogen) atoms. The van der Waals surface area contributed by atoms with Gasteiger partial charge in [0.15, 0.2) is 0 Å². The maximum Gasteiger partial charge on any atom is 0.236 e. The van der Waals surface area contributed by atoms with Crippen LogP contribution in [0.15, 0.2) is 35.7 Å². The van der Waals surface area contributed by atoms with Gasteiger partial charge in [0, 0.05) is 30.6 Å². The van der Waals surface area contributed by atoms with Crippen molar-refractivity contribution in [1.82, 2.24) is 9.21 Å². The highest BCUT2D eigenvalue weighted by Gasteiger charge is 2.47. The van der Waals surface area contributed by atoms with Crippen LogP contribution in [0.4, 0.5) is 0 Å². The smallest absolute Gasteiger partial charge is 0.236 e. The van der Waals surface area contributed by atoms with Crippen LogP contribution in [0.25, 0.3) is 6.08 Å². The summed E-state index contributed by atoms with van der Waals surface area (Å²) >= 11 is 0. The molecule has 0 amide bonds. The van der Waals surface area contributed by atoms with Gasteiger partial charge in [-0.05, 0) is 31.5 Å². The van der Waals surface area contributed by atoms with Crippen LogP contribution in [0.2, 0.25) is 0 Å². The molecule has 0 N–H and O–H groups in total. The molecule has 5 heteroatoms. The number of nitrogens with zero attached hydrogens (tertiary/aromatic N) is 2. The topological polar surface area (TPSA) is 40.6 Å². The van der Waals surface area contributed by atoms with E-state index in [1.54, 1.807) is 10.4 Å². The maximum atomic E-state index is 12.8. The van der Waals surface area contributed by atoms with Crippen molar-refractivity contribution in [3.05, 3.63) is 41.3 Å². The van der Waals surface area contributed by atoms with Crippen molar-refractivity contribution < 1.29 is 8.42 Å². The fourth-order valence-electron chi connectivity index (χ4n) is 3.80. The van der Waals surface area contributed by atoms with Crippen LogP contribution in [0.1, 0.15) is 31.2 Å². The molecule has 2 fully saturated rings. The van der Waals surface area contributed by atoms with Crippen molar-refractivity contribution in [3.8, 4) is 0 Å². The standard InChI is InChI=1S/C17H24N2O2S/c1-18-12-13-19(17(15-18)10-5-6-11-17)22(20,21)14-9-16-7-3-2-4-8-16/h2-4,7-9,14H,5-6,10-13,15H2,1H3/b14-9+. The molecule has 2 aliphatic rings. The lowest BCUT2D eigenvalue weighted by molar-refractivity contribution is 0.0776. The van der Waals surface area contributed by atoms with Crippen molar-refractivity contribution >= 4 is 16.1 Å². The summed E-state index contributed by atoms with van der Waals surface area (Å²) in [6.45, 7) is 2.25. The summed E-state index contributed by atoms with van der Waals surface area (Å²) in [4.78, 5) is 2.26. The van der Waals surface area contributed by atoms with E-state index >= 15 is 0 Å². The lowest BCUT2D eigenvalue weighted by Gasteiger charge is -2.46. The molecule has 120 valence electrons. The van der Waals surface area contributed by atoms with Gasteiger partial charge in [-0.3, -0.25) is 0 Å². The number of likely N-dealkylation sites (N-methyl/N-ethyl adjacent to an activating group) is 1. The zero-order valence-corrected chi connectivity index (χ0v) is 13.9. The Bertz CT molecular complexity index is 634. The molecule has 0 atom stereocenters. The van der Waals surface area contributed by atoms with Crippen molar-refractivity contribution in [1.29, 1.82) is 0 Å². The van der Waals surface area contributed by atoms with E-state index in [1.807, 2.05) is 30.3 Å². The molecule has 0 radical (unpaired) electrons. The van der Waals surface area contributed by atoms with E-state index in [-0.39, 0.29) is 5.54 Å². The largest absolute Gasteiger partial charge is 0.303 e. The summed E-state index contributed by atoms with van der Waals surface area (Å²) in [6.07, 6.45) is 5.92. The molecule has 1 saturated heterocycles. The number of hydrogen-bond acceptors (Lipinski definition) is 3. The molecule has 1 saturated carbocycles. The second-order valence-corrected chi connectivity index (χ2v) is 8.24. The van der Waals surface area contributed by atoms with Gasteiger partial charge in [-0.25, -0.2) is 8.42 Å². The summed E-state index contributed by atoms with van der Waals surface area (Å²) in [5.41, 5.74) is 0.730. The number of hydrogen-bond donors (Lipinski definition) is 0. The van der Waals surface area contributed by atoms with E-state index < -0.39 is 10.0 Å². The summed E-state index contributed by atoms with van der Waals surface area (Å²) in [6, 6.07) is 9.60. The molecule has 1 spiro atoms. The minimum atomic E-state index is -3.37. The van der Waals surface area contributed by atoms with Gasteiger partial charge in [-0.1, -0.05) is 43.2 Å². The molecule has 1 aromatic carbocycles. The van der Waals surface area contributed by atoms with Crippen molar-refractivity contribution in [2.45, 2.75) is 31.2 Å². The third-order valence-electron chi connectivity index (χ3n) is 4.85. The molecule has 0 unspecified atom stereocenters. The first-order chi connectivity index (χ1) is 10.5. The second-order valence-electron chi connectivity index (χ2n) is 6.50. The predicted octanol–water partition coefficient (Wildman–Crippen LogP) is 2.55. The maximum absolute atomic E-state index is 12.8. The van der Waals surface area contributed by atoms with Crippen molar-refractivity contribution in [2.24, 2.45) is 0 Å². The van der Waals surface area contributed by atoms with Crippen LogP contribution in [0.5, 0.6) is 0 Å². The fourth-order valence-corrected chi connectivity index (χ4v) is 5.39. The Morgan fingerprint density at radius 1 is 1.09 bits per heavy atom. The average Bonchev–Trinajstić information content (AvgIpc) is 2.94. The third kappa shape index (κ3) is 3.12. The van der Waals surface area contributed by atoms with Crippen LogP contribution in [0.3, 0.4) is 0 Å². The Morgan fingerprint density at radius 2 is 1.77 bits per heavy atom. The number of sulfonamides is 1. The summed E-state index contributed by atoms with van der Waals surface area (Å²) < 4.78 is 27.5. The number of benzene rings is 1. The highest BCUT2D eigenvalue weighted by molar-refractivity contribution is 7.92. The Labute approximate surface area is 133 Å². The van der Waals surface area contributed by atoms with Gasteiger partial charge in [0.25, 0.3) is 0 Å². The fraction of sp³-hybridized carbons (Fsp3) is 0.529. The van der Waals surface area contributed by atoms with E-state index in [2.05, 4.69) is 11.9 Å². The molecule has 3 rings (SSSR count). The van der Waals surface area contributed by atoms with Gasteiger partial charge in [0.1, 0.15) is 0 Å². The van der Waals surface area contributed by atoms with E-state index in [1.165, 1.54) is 5.41 Å². The second kappa shape index (κ2) is 6.14. The van der Waals surface area contributed by atoms with E-state index in [0.717, 1.165) is 44.3 Å². The number of rotatable bonds is 3. The van der Waals surface area contributed by atoms with Crippen LogP contribution in [-0.4, -0.2) is 49.8 Å². The Balaban J connectivity index is 1.85. The average molecular weight is 320 g/mol. The monoisotopic (exact) mass is 320 g/mol. The third-order valence-corrected chi connectivity index (χ3v) is 6.52. The molecule has 1 aromatic rings. The Hall–Kier alpha value is -1.17. The van der Waals surface area contributed by atoms with Crippen LogP contribution in [-0.2, 0) is 10.0 Å². The van der Waals surface area contributed by atoms with Gasteiger partial charge in [0.05, 0.1) is 0 Å². The first kappa shape index (κ1) is 15.7. The quantitative estimate of drug-likeness (QED) is 0.859. The van der Waals surface area contributed by atoms with E-state index in [9.17, 15) is 8.42 Å². The highest BCUT2D eigenvalue weighted by atomic mass is 32.2. The van der Waals surface area contributed by atoms with Gasteiger partial charge in [-0.2, -0.15) is 4.31 Å². The Morgan fingerprint density at radius 3 is 2.45 bits per heavy atom. The Kier molecular flexibility index (Phi) is 4.39. The molecular formula is C17H24N2O2S. The predicted molar refractivity (Wildman–Crippen MR) is 89.8 cm³/mol.